The Kier molecular flexibility index (Phi) is 4.58. The van der Waals surface area contributed by atoms with Crippen molar-refractivity contribution in [1.82, 2.24) is 29.7 Å². The minimum atomic E-state index is -4.52. The molecule has 0 amide bonds. The fraction of sp³-hybridized carbons (Fsp3) is 0.312. The summed E-state index contributed by atoms with van der Waals surface area (Å²) >= 11 is 0. The van der Waals surface area contributed by atoms with Gasteiger partial charge in [-0.25, -0.2) is 19.9 Å². The van der Waals surface area contributed by atoms with Gasteiger partial charge in [0.05, 0.1) is 18.4 Å². The van der Waals surface area contributed by atoms with Crippen molar-refractivity contribution in [3.63, 3.8) is 0 Å². The van der Waals surface area contributed by atoms with Crippen molar-refractivity contribution < 1.29 is 13.2 Å². The third-order valence-corrected chi connectivity index (χ3v) is 3.55. The van der Waals surface area contributed by atoms with Crippen LogP contribution in [0.2, 0.25) is 0 Å². The molecule has 0 aliphatic carbocycles. The lowest BCUT2D eigenvalue weighted by molar-refractivity contribution is -0.141. The third kappa shape index (κ3) is 3.95. The molecule has 0 bridgehead atoms. The number of aromatic nitrogens is 6. The van der Waals surface area contributed by atoms with Gasteiger partial charge in [-0.1, -0.05) is 0 Å². The maximum atomic E-state index is 12.9. The van der Waals surface area contributed by atoms with Crippen LogP contribution in [0.3, 0.4) is 0 Å². The summed E-state index contributed by atoms with van der Waals surface area (Å²) in [6.45, 7) is 3.33. The summed E-state index contributed by atoms with van der Waals surface area (Å²) in [5.74, 6) is 0.289. The van der Waals surface area contributed by atoms with E-state index < -0.39 is 11.9 Å². The van der Waals surface area contributed by atoms with E-state index in [4.69, 9.17) is 0 Å². The SMILES string of the molecule is Cc1cc(C(F)(F)F)nc(CNc2ncc(C)c(-c3cnn(C)c3)n2)n1. The van der Waals surface area contributed by atoms with E-state index in [1.54, 1.807) is 24.1 Å². The van der Waals surface area contributed by atoms with Crippen LogP contribution >= 0.6 is 0 Å². The summed E-state index contributed by atoms with van der Waals surface area (Å²) in [6, 6.07) is 0.909. The van der Waals surface area contributed by atoms with Gasteiger partial charge in [-0.3, -0.25) is 4.68 Å². The largest absolute Gasteiger partial charge is 0.433 e. The Hall–Kier alpha value is -3.04. The van der Waals surface area contributed by atoms with E-state index in [2.05, 4.69) is 30.4 Å². The average Bonchev–Trinajstić information content (AvgIpc) is 2.99. The zero-order valence-electron chi connectivity index (χ0n) is 14.3. The molecule has 3 rings (SSSR count). The molecule has 3 aromatic heterocycles. The molecule has 0 saturated heterocycles. The molecule has 0 unspecified atom stereocenters. The third-order valence-electron chi connectivity index (χ3n) is 3.55. The molecule has 0 spiro atoms. The number of hydrogen-bond donors (Lipinski definition) is 1. The van der Waals surface area contributed by atoms with Crippen molar-refractivity contribution >= 4 is 5.95 Å². The molecule has 10 heteroatoms. The summed E-state index contributed by atoms with van der Waals surface area (Å²) in [4.78, 5) is 16.1. The molecular formula is C16H16F3N7. The quantitative estimate of drug-likeness (QED) is 0.768. The lowest BCUT2D eigenvalue weighted by Gasteiger charge is -2.10. The summed E-state index contributed by atoms with van der Waals surface area (Å²) < 4.78 is 40.2. The summed E-state index contributed by atoms with van der Waals surface area (Å²) in [5.41, 5.74) is 1.64. The first-order chi connectivity index (χ1) is 12.2. The first-order valence-electron chi connectivity index (χ1n) is 7.70. The topological polar surface area (TPSA) is 81.4 Å². The van der Waals surface area contributed by atoms with Crippen LogP contribution in [0, 0.1) is 13.8 Å². The van der Waals surface area contributed by atoms with Crippen molar-refractivity contribution in [3.8, 4) is 11.3 Å². The normalized spacial score (nSPS) is 11.6. The molecule has 136 valence electrons. The smallest absolute Gasteiger partial charge is 0.347 e. The number of aryl methyl sites for hydroxylation is 3. The molecule has 1 N–H and O–H groups in total. The Morgan fingerprint density at radius 1 is 1.12 bits per heavy atom. The summed E-state index contributed by atoms with van der Waals surface area (Å²) in [6.07, 6.45) is 0.614. The number of halogens is 3. The van der Waals surface area contributed by atoms with E-state index in [1.165, 1.54) is 6.92 Å². The Morgan fingerprint density at radius 2 is 1.88 bits per heavy atom. The van der Waals surface area contributed by atoms with Crippen molar-refractivity contribution in [3.05, 3.63) is 47.4 Å². The monoisotopic (exact) mass is 363 g/mol. The van der Waals surface area contributed by atoms with E-state index in [0.29, 0.717) is 5.69 Å². The van der Waals surface area contributed by atoms with Crippen LogP contribution in [-0.4, -0.2) is 29.7 Å². The van der Waals surface area contributed by atoms with Crippen LogP contribution in [0.25, 0.3) is 11.3 Å². The first kappa shape index (κ1) is 17.8. The van der Waals surface area contributed by atoms with Crippen LogP contribution in [-0.2, 0) is 19.8 Å². The van der Waals surface area contributed by atoms with Gasteiger partial charge in [-0.05, 0) is 25.5 Å². The number of nitrogens with zero attached hydrogens (tertiary/aromatic N) is 6. The second-order valence-corrected chi connectivity index (χ2v) is 5.79. The van der Waals surface area contributed by atoms with Crippen LogP contribution in [0.5, 0.6) is 0 Å². The van der Waals surface area contributed by atoms with Gasteiger partial charge in [0, 0.05) is 30.7 Å². The van der Waals surface area contributed by atoms with Crippen LogP contribution in [0.4, 0.5) is 19.1 Å². The highest BCUT2D eigenvalue weighted by molar-refractivity contribution is 5.62. The van der Waals surface area contributed by atoms with Crippen LogP contribution in [0.15, 0.2) is 24.7 Å². The van der Waals surface area contributed by atoms with Gasteiger partial charge in [0.15, 0.2) is 0 Å². The molecule has 0 fully saturated rings. The van der Waals surface area contributed by atoms with Gasteiger partial charge in [-0.15, -0.1) is 0 Å². The molecule has 7 nitrogen and oxygen atoms in total. The molecule has 3 heterocycles. The van der Waals surface area contributed by atoms with Gasteiger partial charge in [0.2, 0.25) is 5.95 Å². The van der Waals surface area contributed by atoms with Crippen molar-refractivity contribution in [1.29, 1.82) is 0 Å². The number of nitrogens with one attached hydrogen (secondary N) is 1. The second kappa shape index (κ2) is 6.70. The van der Waals surface area contributed by atoms with E-state index in [-0.39, 0.29) is 24.0 Å². The Balaban J connectivity index is 1.81. The van der Waals surface area contributed by atoms with Crippen molar-refractivity contribution in [2.75, 3.05) is 5.32 Å². The van der Waals surface area contributed by atoms with Gasteiger partial charge >= 0.3 is 6.18 Å². The summed E-state index contributed by atoms with van der Waals surface area (Å²) in [5, 5.41) is 6.98. The van der Waals surface area contributed by atoms with Crippen molar-refractivity contribution in [2.45, 2.75) is 26.6 Å². The van der Waals surface area contributed by atoms with Crippen LogP contribution in [0.1, 0.15) is 22.8 Å². The molecule has 0 aliphatic heterocycles. The molecule has 0 saturated carbocycles. The minimum absolute atomic E-state index is 0.0180. The van der Waals surface area contributed by atoms with Gasteiger partial charge in [-0.2, -0.15) is 18.3 Å². The molecule has 26 heavy (non-hydrogen) atoms. The maximum Gasteiger partial charge on any atom is 0.433 e. The van der Waals surface area contributed by atoms with Gasteiger partial charge in [0.25, 0.3) is 0 Å². The second-order valence-electron chi connectivity index (χ2n) is 5.79. The fourth-order valence-corrected chi connectivity index (χ4v) is 2.38. The predicted octanol–water partition coefficient (Wildman–Crippen LogP) is 2.91. The highest BCUT2D eigenvalue weighted by atomic mass is 19.4. The lowest BCUT2D eigenvalue weighted by Crippen LogP contribution is -2.14. The molecule has 0 atom stereocenters. The van der Waals surface area contributed by atoms with Crippen LogP contribution < -0.4 is 5.32 Å². The minimum Gasteiger partial charge on any atom is -0.347 e. The highest BCUT2D eigenvalue weighted by Gasteiger charge is 2.33. The number of alkyl halides is 3. The average molecular weight is 363 g/mol. The van der Waals surface area contributed by atoms with E-state index in [1.807, 2.05) is 13.1 Å². The molecule has 3 aromatic rings. The molecular weight excluding hydrogens is 347 g/mol. The zero-order valence-corrected chi connectivity index (χ0v) is 14.3. The zero-order chi connectivity index (χ0) is 18.9. The van der Waals surface area contributed by atoms with Gasteiger partial charge < -0.3 is 5.32 Å². The Bertz CT molecular complexity index is 934. The fourth-order valence-electron chi connectivity index (χ4n) is 2.38. The van der Waals surface area contributed by atoms with E-state index in [9.17, 15) is 13.2 Å². The molecule has 0 radical (unpaired) electrons. The maximum absolute atomic E-state index is 12.9. The van der Waals surface area contributed by atoms with E-state index in [0.717, 1.165) is 17.2 Å². The number of rotatable bonds is 4. The van der Waals surface area contributed by atoms with Gasteiger partial charge in [0.1, 0.15) is 11.5 Å². The molecule has 0 aliphatic rings. The number of anilines is 1. The van der Waals surface area contributed by atoms with E-state index >= 15 is 0 Å². The summed E-state index contributed by atoms with van der Waals surface area (Å²) in [7, 11) is 1.80. The standard InChI is InChI=1S/C16H16F3N7/c1-9-5-20-15(25-14(9)11-6-22-26(3)8-11)21-7-13-23-10(2)4-12(24-13)16(17,18)19/h4-6,8H,7H2,1-3H3,(H,20,21,25). The molecule has 0 aromatic carbocycles. The number of hydrogen-bond acceptors (Lipinski definition) is 6. The lowest BCUT2D eigenvalue weighted by atomic mass is 10.1. The predicted molar refractivity (Wildman–Crippen MR) is 88.1 cm³/mol. The van der Waals surface area contributed by atoms with Crippen molar-refractivity contribution in [2.24, 2.45) is 7.05 Å². The Morgan fingerprint density at radius 3 is 2.54 bits per heavy atom. The Labute approximate surface area is 147 Å². The highest BCUT2D eigenvalue weighted by Crippen LogP contribution is 2.28. The first-order valence-corrected chi connectivity index (χ1v) is 7.70.